The summed E-state index contributed by atoms with van der Waals surface area (Å²) in [4.78, 5) is 32.1. The van der Waals surface area contributed by atoms with Crippen LogP contribution in [-0.4, -0.2) is 28.9 Å². The molecule has 1 unspecified atom stereocenters. The lowest BCUT2D eigenvalue weighted by atomic mass is 9.93. The van der Waals surface area contributed by atoms with E-state index in [2.05, 4.69) is 4.98 Å². The molecule has 1 aromatic heterocycles. The molecule has 4 aromatic rings. The third-order valence-electron chi connectivity index (χ3n) is 5.86. The molecule has 0 radical (unpaired) electrons. The summed E-state index contributed by atoms with van der Waals surface area (Å²) in [5.74, 6) is -1.26. The summed E-state index contributed by atoms with van der Waals surface area (Å²) in [6.07, 6.45) is 3.19. The van der Waals surface area contributed by atoms with Crippen molar-refractivity contribution in [1.29, 1.82) is 0 Å². The molecule has 1 aliphatic heterocycles. The van der Waals surface area contributed by atoms with Gasteiger partial charge < -0.3 is 9.84 Å². The number of ketones is 1. The number of methoxy groups -OCH3 is 1. The molecule has 0 aliphatic carbocycles. The lowest BCUT2D eigenvalue weighted by Gasteiger charge is -2.26. The quantitative estimate of drug-likeness (QED) is 0.281. The highest BCUT2D eigenvalue weighted by molar-refractivity contribution is 6.52. The molecule has 162 valence electrons. The van der Waals surface area contributed by atoms with Crippen LogP contribution in [0.4, 0.5) is 5.69 Å². The van der Waals surface area contributed by atoms with Crippen LogP contribution in [0.15, 0.2) is 96.8 Å². The van der Waals surface area contributed by atoms with Gasteiger partial charge in [-0.25, -0.2) is 0 Å². The number of hydrogen-bond acceptors (Lipinski definition) is 5. The van der Waals surface area contributed by atoms with Gasteiger partial charge in [0.2, 0.25) is 0 Å². The van der Waals surface area contributed by atoms with Crippen LogP contribution in [0.1, 0.15) is 17.2 Å². The number of ether oxygens (including phenoxy) is 1. The minimum absolute atomic E-state index is 0.0217. The molecule has 1 amide bonds. The van der Waals surface area contributed by atoms with Gasteiger partial charge in [0, 0.05) is 18.0 Å². The molecule has 0 saturated carbocycles. The summed E-state index contributed by atoms with van der Waals surface area (Å²) in [5, 5.41) is 13.2. The second-order valence-corrected chi connectivity index (χ2v) is 7.65. The van der Waals surface area contributed by atoms with Gasteiger partial charge in [0.15, 0.2) is 0 Å². The number of fused-ring (bicyclic) bond motifs is 1. The maximum Gasteiger partial charge on any atom is 0.300 e. The van der Waals surface area contributed by atoms with Crippen LogP contribution in [0.3, 0.4) is 0 Å². The van der Waals surface area contributed by atoms with Gasteiger partial charge in [-0.15, -0.1) is 0 Å². The van der Waals surface area contributed by atoms with E-state index in [0.717, 1.165) is 10.8 Å². The third-order valence-corrected chi connectivity index (χ3v) is 5.86. The van der Waals surface area contributed by atoms with E-state index in [1.807, 2.05) is 36.4 Å². The van der Waals surface area contributed by atoms with Crippen LogP contribution in [-0.2, 0) is 9.59 Å². The van der Waals surface area contributed by atoms with Crippen LogP contribution in [0.2, 0.25) is 0 Å². The van der Waals surface area contributed by atoms with E-state index in [4.69, 9.17) is 4.74 Å². The Labute approximate surface area is 190 Å². The fourth-order valence-corrected chi connectivity index (χ4v) is 4.35. The molecule has 6 heteroatoms. The number of carbonyl (C=O) groups excluding carboxylic acids is 2. The zero-order chi connectivity index (χ0) is 22.9. The van der Waals surface area contributed by atoms with Gasteiger partial charge in [-0.2, -0.15) is 0 Å². The largest absolute Gasteiger partial charge is 0.507 e. The number of aliphatic hydroxyl groups excluding tert-OH is 1. The molecule has 2 heterocycles. The second kappa shape index (κ2) is 8.24. The number of para-hydroxylation sites is 2. The summed E-state index contributed by atoms with van der Waals surface area (Å²) in [6, 6.07) is 22.7. The van der Waals surface area contributed by atoms with E-state index >= 15 is 0 Å². The average Bonchev–Trinajstić information content (AvgIpc) is 3.14. The van der Waals surface area contributed by atoms with Crippen LogP contribution < -0.4 is 9.64 Å². The standard InChI is InChI=1S/C27H20N2O4/c1-33-22-12-5-4-11-21(22)29-24(18-13-15-28-16-14-18)23(26(31)27(29)32)25(30)20-10-6-8-17-7-2-3-9-19(17)20/h2-16,24,30H,1H3/b25-23-. The number of aliphatic hydroxyl groups is 1. The molecule has 33 heavy (non-hydrogen) atoms. The van der Waals surface area contributed by atoms with Gasteiger partial charge in [0.25, 0.3) is 11.7 Å². The van der Waals surface area contributed by atoms with Crippen molar-refractivity contribution in [2.45, 2.75) is 6.04 Å². The Bertz CT molecular complexity index is 1410. The van der Waals surface area contributed by atoms with Crippen molar-refractivity contribution in [2.24, 2.45) is 0 Å². The number of anilines is 1. The SMILES string of the molecule is COc1ccccc1N1C(=O)C(=O)/C(=C(\O)c2cccc3ccccc23)C1c1ccncc1. The number of aromatic nitrogens is 1. The Balaban J connectivity index is 1.79. The first kappa shape index (κ1) is 20.5. The highest BCUT2D eigenvalue weighted by atomic mass is 16.5. The first-order chi connectivity index (χ1) is 16.1. The van der Waals surface area contributed by atoms with Gasteiger partial charge in [-0.1, -0.05) is 54.6 Å². The smallest absolute Gasteiger partial charge is 0.300 e. The molecular weight excluding hydrogens is 416 g/mol. The molecular formula is C27H20N2O4. The highest BCUT2D eigenvalue weighted by Gasteiger charge is 2.47. The molecule has 1 N–H and O–H groups in total. The van der Waals surface area contributed by atoms with Crippen molar-refractivity contribution < 1.29 is 19.4 Å². The topological polar surface area (TPSA) is 79.7 Å². The maximum absolute atomic E-state index is 13.4. The van der Waals surface area contributed by atoms with Gasteiger partial charge in [-0.3, -0.25) is 19.5 Å². The van der Waals surface area contributed by atoms with Gasteiger partial charge in [0.1, 0.15) is 11.5 Å². The van der Waals surface area contributed by atoms with Crippen LogP contribution >= 0.6 is 0 Å². The van der Waals surface area contributed by atoms with E-state index in [-0.39, 0.29) is 11.3 Å². The van der Waals surface area contributed by atoms with Crippen molar-refractivity contribution in [2.75, 3.05) is 12.0 Å². The summed E-state index contributed by atoms with van der Waals surface area (Å²) in [7, 11) is 1.51. The van der Waals surface area contributed by atoms with Gasteiger partial charge >= 0.3 is 0 Å². The van der Waals surface area contributed by atoms with E-state index in [9.17, 15) is 14.7 Å². The zero-order valence-corrected chi connectivity index (χ0v) is 17.8. The van der Waals surface area contributed by atoms with Crippen LogP contribution in [0.5, 0.6) is 5.75 Å². The first-order valence-electron chi connectivity index (χ1n) is 10.4. The summed E-state index contributed by atoms with van der Waals surface area (Å²) in [5.41, 5.74) is 1.61. The Hall–Kier alpha value is -4.45. The normalized spacial score (nSPS) is 17.5. The third kappa shape index (κ3) is 3.32. The van der Waals surface area contributed by atoms with Crippen LogP contribution in [0.25, 0.3) is 16.5 Å². The summed E-state index contributed by atoms with van der Waals surface area (Å²) < 4.78 is 5.47. The van der Waals surface area contributed by atoms with Gasteiger partial charge in [-0.05, 0) is 40.6 Å². The fraction of sp³-hybridized carbons (Fsp3) is 0.0741. The fourth-order valence-electron chi connectivity index (χ4n) is 4.35. The number of benzene rings is 3. The molecule has 1 saturated heterocycles. The molecule has 0 spiro atoms. The zero-order valence-electron chi connectivity index (χ0n) is 17.8. The van der Waals surface area contributed by atoms with E-state index in [1.54, 1.807) is 54.9 Å². The van der Waals surface area contributed by atoms with Crippen molar-refractivity contribution >= 4 is 33.9 Å². The van der Waals surface area contributed by atoms with Crippen molar-refractivity contribution in [3.63, 3.8) is 0 Å². The van der Waals surface area contributed by atoms with E-state index in [0.29, 0.717) is 22.6 Å². The predicted octanol–water partition coefficient (Wildman–Crippen LogP) is 4.87. The minimum Gasteiger partial charge on any atom is -0.507 e. The highest BCUT2D eigenvalue weighted by Crippen LogP contribution is 2.45. The Morgan fingerprint density at radius 3 is 2.39 bits per heavy atom. The summed E-state index contributed by atoms with van der Waals surface area (Å²) >= 11 is 0. The molecule has 1 atom stereocenters. The van der Waals surface area contributed by atoms with Crippen molar-refractivity contribution in [1.82, 2.24) is 4.98 Å². The van der Waals surface area contributed by atoms with E-state index < -0.39 is 17.7 Å². The lowest BCUT2D eigenvalue weighted by molar-refractivity contribution is -0.132. The second-order valence-electron chi connectivity index (χ2n) is 7.65. The molecule has 3 aromatic carbocycles. The molecule has 5 rings (SSSR count). The lowest BCUT2D eigenvalue weighted by Crippen LogP contribution is -2.29. The van der Waals surface area contributed by atoms with Gasteiger partial charge in [0.05, 0.1) is 24.4 Å². The van der Waals surface area contributed by atoms with Crippen molar-refractivity contribution in [3.05, 3.63) is 108 Å². The van der Waals surface area contributed by atoms with E-state index in [1.165, 1.54) is 12.0 Å². The average molecular weight is 436 g/mol. The maximum atomic E-state index is 13.4. The van der Waals surface area contributed by atoms with Crippen molar-refractivity contribution in [3.8, 4) is 5.75 Å². The number of pyridine rings is 1. The molecule has 0 bridgehead atoms. The Kier molecular flexibility index (Phi) is 5.11. The number of Topliss-reactive ketones (excluding diaryl/α,β-unsaturated/α-hetero) is 1. The number of amides is 1. The molecule has 1 aliphatic rings. The number of hydrogen-bond donors (Lipinski definition) is 1. The predicted molar refractivity (Wildman–Crippen MR) is 126 cm³/mol. The minimum atomic E-state index is -0.844. The summed E-state index contributed by atoms with van der Waals surface area (Å²) in [6.45, 7) is 0. The monoisotopic (exact) mass is 436 g/mol. The van der Waals surface area contributed by atoms with Crippen LogP contribution in [0, 0.1) is 0 Å². The number of carbonyl (C=O) groups is 2. The number of nitrogens with zero attached hydrogens (tertiary/aromatic N) is 2. The molecule has 1 fully saturated rings. The molecule has 6 nitrogen and oxygen atoms in total. The number of rotatable bonds is 4. The Morgan fingerprint density at radius 2 is 1.61 bits per heavy atom. The Morgan fingerprint density at radius 1 is 0.909 bits per heavy atom. The first-order valence-corrected chi connectivity index (χ1v) is 10.4.